The fourth-order valence-electron chi connectivity index (χ4n) is 5.57. The number of nitrogens with two attached hydrogens (primary N) is 1. The number of hydrogen-bond acceptors (Lipinski definition) is 7. The smallest absolute Gasteiger partial charge is 0.417 e. The van der Waals surface area contributed by atoms with Crippen LogP contribution in [0.4, 0.5) is 18.9 Å². The second kappa shape index (κ2) is 15.2. The zero-order valence-corrected chi connectivity index (χ0v) is 25.8. The summed E-state index contributed by atoms with van der Waals surface area (Å²) < 4.78 is 46.5. The lowest BCUT2D eigenvalue weighted by atomic mass is 9.81. The first kappa shape index (κ1) is 34.4. The number of methoxy groups -OCH3 is 1. The molecule has 5 rings (SSSR count). The van der Waals surface area contributed by atoms with Crippen molar-refractivity contribution in [3.8, 4) is 28.3 Å². The third kappa shape index (κ3) is 8.40. The number of hydrogen-bond donors (Lipinski definition) is 4. The second-order valence-electron chi connectivity index (χ2n) is 11.1. The summed E-state index contributed by atoms with van der Waals surface area (Å²) >= 11 is 0. The second-order valence-corrected chi connectivity index (χ2v) is 11.1. The molecule has 0 unspecified atom stereocenters. The number of amides is 2. The maximum absolute atomic E-state index is 13.8. The molecular weight excluding hydrogens is 623 g/mol. The van der Waals surface area contributed by atoms with Gasteiger partial charge in [0.05, 0.1) is 12.7 Å². The van der Waals surface area contributed by atoms with E-state index in [0.717, 1.165) is 18.9 Å². The maximum atomic E-state index is 13.8. The van der Waals surface area contributed by atoms with Gasteiger partial charge in [-0.05, 0) is 96.4 Å². The van der Waals surface area contributed by atoms with E-state index in [1.807, 2.05) is 0 Å². The Balaban J connectivity index is 0.00000480. The van der Waals surface area contributed by atoms with Gasteiger partial charge in [-0.25, -0.2) is 0 Å². The van der Waals surface area contributed by atoms with Crippen molar-refractivity contribution >= 4 is 29.9 Å². The van der Waals surface area contributed by atoms with E-state index in [1.54, 1.807) is 48.5 Å². The normalized spacial score (nSPS) is 17.0. The van der Waals surface area contributed by atoms with Crippen LogP contribution in [-0.4, -0.2) is 52.1 Å². The Morgan fingerprint density at radius 2 is 1.67 bits per heavy atom. The number of carbonyl (C=O) groups excluding carboxylic acids is 2. The summed E-state index contributed by atoms with van der Waals surface area (Å²) in [6, 6.07) is 16.2. The number of aromatic nitrogens is 4. The molecule has 3 aromatic carbocycles. The molecule has 0 saturated heterocycles. The average molecular weight is 658 g/mol. The van der Waals surface area contributed by atoms with Crippen molar-refractivity contribution in [1.82, 2.24) is 25.9 Å². The summed E-state index contributed by atoms with van der Waals surface area (Å²) in [7, 11) is 1.31. The van der Waals surface area contributed by atoms with Crippen LogP contribution in [0.5, 0.6) is 5.75 Å². The molecule has 0 aliphatic heterocycles. The van der Waals surface area contributed by atoms with Crippen LogP contribution in [0.1, 0.15) is 36.8 Å². The molecule has 1 atom stereocenters. The number of tetrazole rings is 1. The quantitative estimate of drug-likeness (QED) is 0.178. The van der Waals surface area contributed by atoms with E-state index in [9.17, 15) is 22.8 Å². The number of benzene rings is 3. The van der Waals surface area contributed by atoms with Crippen LogP contribution in [0.25, 0.3) is 22.5 Å². The van der Waals surface area contributed by atoms with Crippen molar-refractivity contribution in [2.24, 2.45) is 17.6 Å². The predicted molar refractivity (Wildman–Crippen MR) is 169 cm³/mol. The van der Waals surface area contributed by atoms with E-state index in [2.05, 4.69) is 31.3 Å². The number of carbonyl (C=O) groups is 2. The van der Waals surface area contributed by atoms with E-state index in [1.165, 1.54) is 19.2 Å². The average Bonchev–Trinajstić information content (AvgIpc) is 3.60. The van der Waals surface area contributed by atoms with Gasteiger partial charge in [-0.15, -0.1) is 22.6 Å². The van der Waals surface area contributed by atoms with Crippen molar-refractivity contribution < 1.29 is 27.5 Å². The van der Waals surface area contributed by atoms with Gasteiger partial charge in [0.2, 0.25) is 17.6 Å². The highest BCUT2D eigenvalue weighted by Crippen LogP contribution is 2.39. The number of halogens is 4. The number of nitrogens with zero attached hydrogens (tertiary/aromatic N) is 3. The molecule has 1 saturated carbocycles. The topological polar surface area (TPSA) is 148 Å². The fourth-order valence-corrected chi connectivity index (χ4v) is 5.57. The van der Waals surface area contributed by atoms with Gasteiger partial charge in [0.15, 0.2) is 0 Å². The van der Waals surface area contributed by atoms with Gasteiger partial charge in [0.1, 0.15) is 11.8 Å². The highest BCUT2D eigenvalue weighted by molar-refractivity contribution is 5.97. The Labute approximate surface area is 270 Å². The molecule has 10 nitrogen and oxygen atoms in total. The van der Waals surface area contributed by atoms with Crippen molar-refractivity contribution in [2.75, 3.05) is 19.0 Å². The van der Waals surface area contributed by atoms with Crippen LogP contribution in [0.2, 0.25) is 0 Å². The minimum atomic E-state index is -4.58. The lowest BCUT2D eigenvalue weighted by molar-refractivity contribution is -0.137. The first-order valence-electron chi connectivity index (χ1n) is 14.6. The number of alkyl halides is 3. The predicted octanol–water partition coefficient (Wildman–Crippen LogP) is 5.41. The van der Waals surface area contributed by atoms with Crippen molar-refractivity contribution in [3.63, 3.8) is 0 Å². The zero-order chi connectivity index (χ0) is 32.0. The van der Waals surface area contributed by atoms with Crippen LogP contribution in [-0.2, 0) is 22.2 Å². The Morgan fingerprint density at radius 1 is 1.00 bits per heavy atom. The number of aromatic amines is 1. The summed E-state index contributed by atoms with van der Waals surface area (Å²) in [6.45, 7) is 0.585. The summed E-state index contributed by atoms with van der Waals surface area (Å²) in [5.41, 5.74) is 7.23. The molecule has 0 spiro atoms. The first-order chi connectivity index (χ1) is 21.6. The van der Waals surface area contributed by atoms with Crippen LogP contribution in [0, 0.1) is 11.8 Å². The number of anilines is 1. The van der Waals surface area contributed by atoms with Crippen LogP contribution in [0.3, 0.4) is 0 Å². The Hall–Kier alpha value is -4.49. The third-order valence-electron chi connectivity index (χ3n) is 8.18. The van der Waals surface area contributed by atoms with E-state index in [4.69, 9.17) is 10.5 Å². The molecule has 1 heterocycles. The number of nitrogens with one attached hydrogen (secondary N) is 3. The molecule has 2 amide bonds. The third-order valence-corrected chi connectivity index (χ3v) is 8.18. The molecule has 244 valence electrons. The monoisotopic (exact) mass is 657 g/mol. The van der Waals surface area contributed by atoms with E-state index < -0.39 is 23.7 Å². The number of ether oxygens (including phenoxy) is 1. The molecule has 46 heavy (non-hydrogen) atoms. The number of H-pyrrole nitrogens is 1. The molecule has 0 bridgehead atoms. The van der Waals surface area contributed by atoms with Gasteiger partial charge in [0, 0.05) is 23.6 Å². The van der Waals surface area contributed by atoms with Crippen LogP contribution < -0.4 is 21.1 Å². The van der Waals surface area contributed by atoms with Crippen molar-refractivity contribution in [3.05, 3.63) is 77.9 Å². The summed E-state index contributed by atoms with van der Waals surface area (Å²) in [4.78, 5) is 26.8. The summed E-state index contributed by atoms with van der Waals surface area (Å²) in [5, 5.41) is 19.6. The van der Waals surface area contributed by atoms with E-state index in [0.29, 0.717) is 53.5 Å². The fraction of sp³-hybridized carbons (Fsp3) is 0.344. The maximum Gasteiger partial charge on any atom is 0.417 e. The SMILES string of the molecule is COc1ccc(-c2ccc(C[C@H](NC(=O)C3CCC(CN)CC3)C(=O)Nc3ccc(-c4nn[nH]n4)cc3)cc2)c(C(F)(F)F)c1.Cl. The largest absolute Gasteiger partial charge is 0.497 e. The Morgan fingerprint density at radius 3 is 2.26 bits per heavy atom. The molecular formula is C32H35ClF3N7O3. The lowest BCUT2D eigenvalue weighted by Crippen LogP contribution is -2.48. The van der Waals surface area contributed by atoms with Crippen LogP contribution in [0.15, 0.2) is 66.7 Å². The zero-order valence-electron chi connectivity index (χ0n) is 25.0. The van der Waals surface area contributed by atoms with Gasteiger partial charge in [-0.3, -0.25) is 9.59 Å². The summed E-state index contributed by atoms with van der Waals surface area (Å²) in [5.74, 6) is 0.0462. The molecule has 1 aromatic heterocycles. The van der Waals surface area contributed by atoms with Gasteiger partial charge < -0.3 is 21.1 Å². The van der Waals surface area contributed by atoms with Crippen LogP contribution >= 0.6 is 12.4 Å². The first-order valence-corrected chi connectivity index (χ1v) is 14.6. The Kier molecular flexibility index (Phi) is 11.4. The van der Waals surface area contributed by atoms with Gasteiger partial charge >= 0.3 is 6.18 Å². The molecule has 1 aliphatic carbocycles. The highest BCUT2D eigenvalue weighted by atomic mass is 35.5. The summed E-state index contributed by atoms with van der Waals surface area (Å²) in [6.07, 6.45) is -1.36. The molecule has 4 aromatic rings. The molecule has 0 radical (unpaired) electrons. The molecule has 5 N–H and O–H groups in total. The number of rotatable bonds is 10. The standard InChI is InChI=1S/C32H34F3N7O3.ClH/c1-45-25-14-15-26(27(17-25)32(33,34)35)21-6-2-19(3-7-21)16-28(38-30(43)23-8-4-20(18-36)5-9-23)31(44)37-24-12-10-22(11-13-24)29-39-41-42-40-29;/h2-3,6-7,10-15,17,20,23,28H,4-5,8-9,16,18,36H2,1H3,(H,37,44)(H,38,43)(H,39,40,41,42);1H/t20?,23?,28-;/m0./s1. The molecule has 1 fully saturated rings. The van der Waals surface area contributed by atoms with Crippen molar-refractivity contribution in [2.45, 2.75) is 44.3 Å². The minimum absolute atomic E-state index is 0. The Bertz CT molecular complexity index is 1590. The molecule has 1 aliphatic rings. The van der Waals surface area contributed by atoms with E-state index >= 15 is 0 Å². The lowest BCUT2D eigenvalue weighted by Gasteiger charge is -2.28. The highest BCUT2D eigenvalue weighted by Gasteiger charge is 2.34. The van der Waals surface area contributed by atoms with Gasteiger partial charge in [-0.2, -0.15) is 18.4 Å². The molecule has 14 heteroatoms. The van der Waals surface area contributed by atoms with Gasteiger partial charge in [-0.1, -0.05) is 30.3 Å². The van der Waals surface area contributed by atoms with E-state index in [-0.39, 0.29) is 42.0 Å². The van der Waals surface area contributed by atoms with Gasteiger partial charge in [0.25, 0.3) is 0 Å². The van der Waals surface area contributed by atoms with Crippen molar-refractivity contribution in [1.29, 1.82) is 0 Å². The minimum Gasteiger partial charge on any atom is -0.497 e.